The van der Waals surface area contributed by atoms with E-state index in [-0.39, 0.29) is 18.1 Å². The van der Waals surface area contributed by atoms with Gasteiger partial charge < -0.3 is 15.8 Å². The van der Waals surface area contributed by atoms with Gasteiger partial charge in [0.2, 0.25) is 5.91 Å². The summed E-state index contributed by atoms with van der Waals surface area (Å²) in [6.45, 7) is 7.16. The van der Waals surface area contributed by atoms with Gasteiger partial charge in [0.25, 0.3) is 0 Å². The molecule has 0 bridgehead atoms. The highest BCUT2D eigenvalue weighted by Gasteiger charge is 2.22. The van der Waals surface area contributed by atoms with Gasteiger partial charge in [0.15, 0.2) is 0 Å². The number of morpholine rings is 1. The number of hydrogen-bond donors (Lipinski definition) is 2. The van der Waals surface area contributed by atoms with Gasteiger partial charge in [-0.1, -0.05) is 12.1 Å². The zero-order valence-electron chi connectivity index (χ0n) is 12.8. The molecule has 0 spiro atoms. The predicted molar refractivity (Wildman–Crippen MR) is 84.0 cm³/mol. The minimum Gasteiger partial charge on any atom is -0.373 e. The molecule has 1 aliphatic heterocycles. The number of rotatable bonds is 5. The van der Waals surface area contributed by atoms with E-state index in [4.69, 9.17) is 10.5 Å². The number of carbonyl (C=O) groups is 1. The van der Waals surface area contributed by atoms with Gasteiger partial charge in [-0.15, -0.1) is 0 Å². The highest BCUT2D eigenvalue weighted by molar-refractivity contribution is 5.90. The maximum atomic E-state index is 12.0. The number of ether oxygens (including phenoxy) is 1. The summed E-state index contributed by atoms with van der Waals surface area (Å²) < 4.78 is 5.69. The highest BCUT2D eigenvalue weighted by atomic mass is 16.5. The van der Waals surface area contributed by atoms with Crippen LogP contribution in [0, 0.1) is 0 Å². The Morgan fingerprint density at radius 3 is 2.76 bits per heavy atom. The van der Waals surface area contributed by atoms with Gasteiger partial charge in [0.05, 0.1) is 12.2 Å². The number of nitrogens with one attached hydrogen (secondary N) is 1. The zero-order valence-corrected chi connectivity index (χ0v) is 12.8. The third kappa shape index (κ3) is 5.12. The summed E-state index contributed by atoms with van der Waals surface area (Å²) in [4.78, 5) is 14.3. The monoisotopic (exact) mass is 291 g/mol. The van der Waals surface area contributed by atoms with Gasteiger partial charge in [0, 0.05) is 38.3 Å². The first-order valence-corrected chi connectivity index (χ1v) is 7.53. The topological polar surface area (TPSA) is 67.6 Å². The van der Waals surface area contributed by atoms with Crippen LogP contribution >= 0.6 is 0 Å². The van der Waals surface area contributed by atoms with E-state index in [0.717, 1.165) is 30.9 Å². The van der Waals surface area contributed by atoms with E-state index < -0.39 is 0 Å². The predicted octanol–water partition coefficient (Wildman–Crippen LogP) is 1.58. The van der Waals surface area contributed by atoms with Gasteiger partial charge >= 0.3 is 0 Å². The number of nitrogens with zero attached hydrogens (tertiary/aromatic N) is 1. The molecule has 0 radical (unpaired) electrons. The maximum absolute atomic E-state index is 12.0. The number of benzene rings is 1. The van der Waals surface area contributed by atoms with Crippen molar-refractivity contribution in [3.8, 4) is 0 Å². The van der Waals surface area contributed by atoms with Crippen LogP contribution in [0.1, 0.15) is 25.8 Å². The Kier molecular flexibility index (Phi) is 5.73. The molecule has 2 rings (SSSR count). The standard InChI is InChI=1S/C16H25N3O2/c1-12-10-19(11-13(2)21-12)7-6-16(20)18-15-5-3-4-14(8-15)9-17/h3-5,8,12-13H,6-7,9-11,17H2,1-2H3,(H,18,20). The van der Waals surface area contributed by atoms with Crippen molar-refractivity contribution in [1.29, 1.82) is 0 Å². The molecule has 1 fully saturated rings. The van der Waals surface area contributed by atoms with Crippen molar-refractivity contribution in [3.63, 3.8) is 0 Å². The average Bonchev–Trinajstić information content (AvgIpc) is 2.44. The molecule has 1 aromatic carbocycles. The number of hydrogen-bond acceptors (Lipinski definition) is 4. The van der Waals surface area contributed by atoms with E-state index in [9.17, 15) is 4.79 Å². The molecule has 0 aliphatic carbocycles. The summed E-state index contributed by atoms with van der Waals surface area (Å²) in [5, 5.41) is 2.93. The first-order chi connectivity index (χ1) is 10.1. The van der Waals surface area contributed by atoms with Gasteiger partial charge in [-0.05, 0) is 31.5 Å². The number of amides is 1. The van der Waals surface area contributed by atoms with Crippen LogP contribution in [-0.2, 0) is 16.1 Å². The average molecular weight is 291 g/mol. The molecular weight excluding hydrogens is 266 g/mol. The molecule has 1 heterocycles. The molecule has 2 atom stereocenters. The van der Waals surface area contributed by atoms with Crippen molar-refractivity contribution in [2.45, 2.75) is 39.0 Å². The van der Waals surface area contributed by atoms with Gasteiger partial charge in [-0.2, -0.15) is 0 Å². The van der Waals surface area contributed by atoms with Crippen LogP contribution in [0.15, 0.2) is 24.3 Å². The van der Waals surface area contributed by atoms with Crippen LogP contribution in [-0.4, -0.2) is 42.6 Å². The molecule has 3 N–H and O–H groups in total. The fraction of sp³-hybridized carbons (Fsp3) is 0.562. The number of nitrogens with two attached hydrogens (primary N) is 1. The third-order valence-electron chi connectivity index (χ3n) is 3.60. The van der Waals surface area contributed by atoms with Crippen molar-refractivity contribution in [2.24, 2.45) is 5.73 Å². The summed E-state index contributed by atoms with van der Waals surface area (Å²) in [6, 6.07) is 7.65. The van der Waals surface area contributed by atoms with Crippen molar-refractivity contribution >= 4 is 11.6 Å². The van der Waals surface area contributed by atoms with Crippen LogP contribution in [0.3, 0.4) is 0 Å². The lowest BCUT2D eigenvalue weighted by Crippen LogP contribution is -2.46. The molecule has 0 saturated carbocycles. The molecule has 116 valence electrons. The summed E-state index contributed by atoms with van der Waals surface area (Å²) >= 11 is 0. The number of anilines is 1. The van der Waals surface area contributed by atoms with Crippen LogP contribution in [0.25, 0.3) is 0 Å². The first-order valence-electron chi connectivity index (χ1n) is 7.53. The molecule has 5 nitrogen and oxygen atoms in total. The Morgan fingerprint density at radius 1 is 1.38 bits per heavy atom. The summed E-state index contributed by atoms with van der Waals surface area (Å²) in [5.74, 6) is 0.0379. The zero-order chi connectivity index (χ0) is 15.2. The Labute approximate surface area is 126 Å². The fourth-order valence-electron chi connectivity index (χ4n) is 2.73. The van der Waals surface area contributed by atoms with Crippen molar-refractivity contribution in [2.75, 3.05) is 25.0 Å². The Bertz CT molecular complexity index is 468. The molecule has 21 heavy (non-hydrogen) atoms. The largest absolute Gasteiger partial charge is 0.373 e. The van der Waals surface area contributed by atoms with Crippen LogP contribution in [0.2, 0.25) is 0 Å². The summed E-state index contributed by atoms with van der Waals surface area (Å²) in [5.41, 5.74) is 7.43. The van der Waals surface area contributed by atoms with Crippen molar-refractivity contribution in [1.82, 2.24) is 4.90 Å². The molecule has 1 saturated heterocycles. The first kappa shape index (κ1) is 15.9. The lowest BCUT2D eigenvalue weighted by Gasteiger charge is -2.35. The Hall–Kier alpha value is -1.43. The van der Waals surface area contributed by atoms with E-state index >= 15 is 0 Å². The van der Waals surface area contributed by atoms with Gasteiger partial charge in [-0.25, -0.2) is 0 Å². The smallest absolute Gasteiger partial charge is 0.225 e. The molecule has 1 aromatic rings. The van der Waals surface area contributed by atoms with Crippen molar-refractivity contribution < 1.29 is 9.53 Å². The number of carbonyl (C=O) groups excluding carboxylic acids is 1. The Balaban J connectivity index is 1.79. The van der Waals surface area contributed by atoms with Gasteiger partial charge in [-0.3, -0.25) is 9.69 Å². The minimum absolute atomic E-state index is 0.0379. The lowest BCUT2D eigenvalue weighted by molar-refractivity contribution is -0.117. The molecular formula is C16H25N3O2. The highest BCUT2D eigenvalue weighted by Crippen LogP contribution is 2.12. The van der Waals surface area contributed by atoms with E-state index in [1.165, 1.54) is 0 Å². The van der Waals surface area contributed by atoms with Crippen LogP contribution < -0.4 is 11.1 Å². The Morgan fingerprint density at radius 2 is 2.10 bits per heavy atom. The normalized spacial score (nSPS) is 23.0. The summed E-state index contributed by atoms with van der Waals surface area (Å²) in [6.07, 6.45) is 0.961. The SMILES string of the molecule is CC1CN(CCC(=O)Nc2cccc(CN)c2)CC(C)O1. The van der Waals surface area contributed by atoms with E-state index in [1.54, 1.807) is 0 Å². The van der Waals surface area contributed by atoms with Crippen LogP contribution in [0.4, 0.5) is 5.69 Å². The fourth-order valence-corrected chi connectivity index (χ4v) is 2.73. The van der Waals surface area contributed by atoms with Gasteiger partial charge in [0.1, 0.15) is 0 Å². The van der Waals surface area contributed by atoms with E-state index in [2.05, 4.69) is 24.1 Å². The molecule has 1 amide bonds. The minimum atomic E-state index is 0.0379. The molecule has 5 heteroatoms. The molecule has 1 aliphatic rings. The second kappa shape index (κ2) is 7.54. The quantitative estimate of drug-likeness (QED) is 0.864. The van der Waals surface area contributed by atoms with Crippen LogP contribution in [0.5, 0.6) is 0 Å². The third-order valence-corrected chi connectivity index (χ3v) is 3.60. The second-order valence-electron chi connectivity index (χ2n) is 5.72. The van der Waals surface area contributed by atoms with Crippen molar-refractivity contribution in [3.05, 3.63) is 29.8 Å². The second-order valence-corrected chi connectivity index (χ2v) is 5.72. The van der Waals surface area contributed by atoms with E-state index in [0.29, 0.717) is 13.0 Å². The lowest BCUT2D eigenvalue weighted by atomic mass is 10.2. The summed E-state index contributed by atoms with van der Waals surface area (Å²) in [7, 11) is 0. The molecule has 0 aromatic heterocycles. The van der Waals surface area contributed by atoms with E-state index in [1.807, 2.05) is 24.3 Å². The maximum Gasteiger partial charge on any atom is 0.225 e. The molecule has 2 unspecified atom stereocenters.